The highest BCUT2D eigenvalue weighted by molar-refractivity contribution is 7.55. The van der Waals surface area contributed by atoms with Crippen LogP contribution in [0.25, 0.3) is 0 Å². The molecule has 1 aliphatic heterocycles. The predicted molar refractivity (Wildman–Crippen MR) is 99.9 cm³/mol. The van der Waals surface area contributed by atoms with Gasteiger partial charge in [-0.3, -0.25) is 9.99 Å². The molecule has 0 amide bonds. The average Bonchev–Trinajstić information content (AvgIpc) is 3.10. The minimum absolute atomic E-state index is 0.307. The van der Waals surface area contributed by atoms with Crippen molar-refractivity contribution < 1.29 is 13.6 Å². The van der Waals surface area contributed by atoms with Crippen LogP contribution >= 0.6 is 7.60 Å². The maximum atomic E-state index is 13.6. The van der Waals surface area contributed by atoms with E-state index in [0.29, 0.717) is 13.2 Å². The third kappa shape index (κ3) is 3.15. The minimum Gasteiger partial charge on any atom is -0.308 e. The van der Waals surface area contributed by atoms with E-state index in [2.05, 4.69) is 10.5 Å². The summed E-state index contributed by atoms with van der Waals surface area (Å²) in [5, 5.41) is 4.29. The monoisotopic (exact) mass is 358 g/mol. The van der Waals surface area contributed by atoms with Crippen molar-refractivity contribution in [3.63, 3.8) is 0 Å². The first-order valence-corrected chi connectivity index (χ1v) is 10.1. The molecule has 2 aromatic carbocycles. The standard InChI is InChI=1S/C19H23N2O3P/c1-3-23-25(22,24-4-2)18-15-20-21-19(18,16-11-7-5-8-12-16)17-13-9-6-10-14-17/h5-15,18,21H,3-4H2,1-2H3. The highest BCUT2D eigenvalue weighted by Crippen LogP contribution is 2.60. The number of nitrogens with one attached hydrogen (secondary N) is 1. The Morgan fingerprint density at radius 3 is 1.88 bits per heavy atom. The molecule has 0 aliphatic carbocycles. The number of rotatable bonds is 7. The number of hydrogen-bond acceptors (Lipinski definition) is 5. The quantitative estimate of drug-likeness (QED) is 0.755. The van der Waals surface area contributed by atoms with Crippen LogP contribution in [0.15, 0.2) is 65.8 Å². The van der Waals surface area contributed by atoms with Gasteiger partial charge in [0, 0.05) is 6.21 Å². The molecule has 0 radical (unpaired) electrons. The molecule has 1 N–H and O–H groups in total. The molecule has 1 heterocycles. The zero-order valence-electron chi connectivity index (χ0n) is 14.5. The Morgan fingerprint density at radius 2 is 1.44 bits per heavy atom. The van der Waals surface area contributed by atoms with E-state index in [1.54, 1.807) is 6.21 Å². The van der Waals surface area contributed by atoms with Gasteiger partial charge < -0.3 is 9.05 Å². The first-order valence-electron chi connectivity index (χ1n) is 8.47. The van der Waals surface area contributed by atoms with Gasteiger partial charge in [-0.2, -0.15) is 5.10 Å². The van der Waals surface area contributed by atoms with Crippen molar-refractivity contribution >= 4 is 13.8 Å². The third-order valence-electron chi connectivity index (χ3n) is 4.32. The van der Waals surface area contributed by atoms with E-state index in [1.807, 2.05) is 74.5 Å². The summed E-state index contributed by atoms with van der Waals surface area (Å²) in [6.07, 6.45) is 1.66. The number of benzene rings is 2. The molecule has 0 saturated carbocycles. The summed E-state index contributed by atoms with van der Waals surface area (Å²) in [4.78, 5) is 0. The minimum atomic E-state index is -3.43. The summed E-state index contributed by atoms with van der Waals surface area (Å²) in [5.74, 6) is 0. The van der Waals surface area contributed by atoms with Crippen LogP contribution in [-0.2, 0) is 19.2 Å². The van der Waals surface area contributed by atoms with Gasteiger partial charge in [0.05, 0.1) is 13.2 Å². The molecule has 1 atom stereocenters. The lowest BCUT2D eigenvalue weighted by Gasteiger charge is -2.38. The van der Waals surface area contributed by atoms with Crippen molar-refractivity contribution in [2.75, 3.05) is 13.2 Å². The summed E-state index contributed by atoms with van der Waals surface area (Å²) >= 11 is 0. The van der Waals surface area contributed by atoms with Crippen LogP contribution in [0.4, 0.5) is 0 Å². The van der Waals surface area contributed by atoms with Gasteiger partial charge in [0.15, 0.2) is 0 Å². The van der Waals surface area contributed by atoms with E-state index in [-0.39, 0.29) is 0 Å². The van der Waals surface area contributed by atoms with Gasteiger partial charge in [0.1, 0.15) is 11.2 Å². The fourth-order valence-electron chi connectivity index (χ4n) is 3.30. The number of nitrogens with zero attached hydrogens (tertiary/aromatic N) is 1. The van der Waals surface area contributed by atoms with Crippen LogP contribution in [-0.4, -0.2) is 25.1 Å². The molecular formula is C19H23N2O3P. The highest BCUT2D eigenvalue weighted by Gasteiger charge is 2.55. The van der Waals surface area contributed by atoms with Gasteiger partial charge in [0.25, 0.3) is 0 Å². The summed E-state index contributed by atoms with van der Waals surface area (Å²) < 4.78 is 24.9. The fraction of sp³-hybridized carbons (Fsp3) is 0.316. The van der Waals surface area contributed by atoms with E-state index < -0.39 is 18.8 Å². The molecule has 1 unspecified atom stereocenters. The van der Waals surface area contributed by atoms with Crippen LogP contribution < -0.4 is 5.43 Å². The third-order valence-corrected chi connectivity index (χ3v) is 6.76. The van der Waals surface area contributed by atoms with E-state index >= 15 is 0 Å². The van der Waals surface area contributed by atoms with Crippen LogP contribution in [0.5, 0.6) is 0 Å². The Balaban J connectivity index is 2.19. The Bertz CT molecular complexity index is 715. The number of hydrazone groups is 1. The van der Waals surface area contributed by atoms with Crippen molar-refractivity contribution in [1.29, 1.82) is 0 Å². The van der Waals surface area contributed by atoms with Crippen molar-refractivity contribution in [2.24, 2.45) is 5.10 Å². The Kier molecular flexibility index (Phi) is 5.38. The zero-order valence-corrected chi connectivity index (χ0v) is 15.4. The molecule has 0 saturated heterocycles. The molecule has 3 rings (SSSR count). The maximum absolute atomic E-state index is 13.6. The second kappa shape index (κ2) is 7.52. The van der Waals surface area contributed by atoms with E-state index in [1.165, 1.54) is 0 Å². The van der Waals surface area contributed by atoms with Gasteiger partial charge in [0.2, 0.25) is 0 Å². The van der Waals surface area contributed by atoms with Crippen molar-refractivity contribution in [3.8, 4) is 0 Å². The van der Waals surface area contributed by atoms with Gasteiger partial charge in [-0.15, -0.1) is 0 Å². The highest BCUT2D eigenvalue weighted by atomic mass is 31.2. The zero-order chi connectivity index (χ0) is 17.8. The smallest absolute Gasteiger partial charge is 0.308 e. The van der Waals surface area contributed by atoms with Gasteiger partial charge >= 0.3 is 7.60 Å². The first kappa shape index (κ1) is 17.9. The summed E-state index contributed by atoms with van der Waals surface area (Å²) in [6, 6.07) is 19.8. The Hall–Kier alpha value is -1.94. The van der Waals surface area contributed by atoms with Crippen LogP contribution in [0, 0.1) is 0 Å². The molecule has 2 aromatic rings. The molecule has 25 heavy (non-hydrogen) atoms. The van der Waals surface area contributed by atoms with E-state index in [0.717, 1.165) is 11.1 Å². The van der Waals surface area contributed by atoms with Gasteiger partial charge in [-0.1, -0.05) is 60.7 Å². The number of hydrogen-bond donors (Lipinski definition) is 1. The summed E-state index contributed by atoms with van der Waals surface area (Å²) in [6.45, 7) is 4.25. The fourth-order valence-corrected chi connectivity index (χ4v) is 5.48. The van der Waals surface area contributed by atoms with Crippen LogP contribution in [0.3, 0.4) is 0 Å². The molecule has 0 bridgehead atoms. The average molecular weight is 358 g/mol. The molecule has 0 fully saturated rings. The molecule has 1 aliphatic rings. The molecule has 132 valence electrons. The molecule has 0 aromatic heterocycles. The SMILES string of the molecule is CCOP(=O)(OCC)C1C=NNC1(c1ccccc1)c1ccccc1. The largest absolute Gasteiger partial charge is 0.342 e. The first-order chi connectivity index (χ1) is 12.2. The topological polar surface area (TPSA) is 59.9 Å². The second-order valence-corrected chi connectivity index (χ2v) is 7.90. The van der Waals surface area contributed by atoms with Crippen molar-refractivity contribution in [2.45, 2.75) is 25.0 Å². The second-order valence-electron chi connectivity index (χ2n) is 5.75. The predicted octanol–water partition coefficient (Wildman–Crippen LogP) is 4.15. The van der Waals surface area contributed by atoms with Crippen LogP contribution in [0.1, 0.15) is 25.0 Å². The van der Waals surface area contributed by atoms with E-state index in [9.17, 15) is 4.57 Å². The maximum Gasteiger partial charge on any atom is 0.342 e. The Morgan fingerprint density at radius 1 is 0.960 bits per heavy atom. The molecule has 6 heteroatoms. The molecule has 0 spiro atoms. The lowest BCUT2D eigenvalue weighted by atomic mass is 9.81. The summed E-state index contributed by atoms with van der Waals surface area (Å²) in [7, 11) is -3.43. The molecule has 5 nitrogen and oxygen atoms in total. The molecular weight excluding hydrogens is 335 g/mol. The lowest BCUT2D eigenvalue weighted by Crippen LogP contribution is -2.47. The van der Waals surface area contributed by atoms with Crippen molar-refractivity contribution in [3.05, 3.63) is 71.8 Å². The van der Waals surface area contributed by atoms with Crippen LogP contribution in [0.2, 0.25) is 0 Å². The normalized spacial score (nSPS) is 18.9. The van der Waals surface area contributed by atoms with Crippen molar-refractivity contribution in [1.82, 2.24) is 5.43 Å². The Labute approximate surface area is 148 Å². The van der Waals surface area contributed by atoms with Gasteiger partial charge in [-0.25, -0.2) is 0 Å². The summed E-state index contributed by atoms with van der Waals surface area (Å²) in [5.41, 5.74) is 3.77. The van der Waals surface area contributed by atoms with Gasteiger partial charge in [-0.05, 0) is 25.0 Å². The lowest BCUT2D eigenvalue weighted by molar-refractivity contribution is 0.209. The van der Waals surface area contributed by atoms with E-state index in [4.69, 9.17) is 9.05 Å².